The first kappa shape index (κ1) is 21.3. The lowest BCUT2D eigenvalue weighted by molar-refractivity contribution is -0.136. The number of sulfonamides is 1. The van der Waals surface area contributed by atoms with E-state index in [1.807, 2.05) is 30.3 Å². The molecule has 0 saturated carbocycles. The average Bonchev–Trinajstić information content (AvgIpc) is 2.79. The molecular weight excluding hydrogens is 418 g/mol. The fraction of sp³-hybridized carbons (Fsp3) is 0.364. The smallest absolute Gasteiger partial charge is 0.262 e. The number of benzene rings is 2. The van der Waals surface area contributed by atoms with Crippen molar-refractivity contribution in [2.75, 3.05) is 32.1 Å². The molecule has 8 nitrogen and oxygen atoms in total. The third-order valence-corrected chi connectivity index (χ3v) is 7.56. The van der Waals surface area contributed by atoms with Crippen molar-refractivity contribution in [2.24, 2.45) is 5.92 Å². The number of piperidine rings is 1. The molecule has 1 N–H and O–H groups in total. The van der Waals surface area contributed by atoms with Gasteiger partial charge in [-0.05, 0) is 30.5 Å². The van der Waals surface area contributed by atoms with Crippen LogP contribution in [-0.4, -0.2) is 56.2 Å². The van der Waals surface area contributed by atoms with Crippen molar-refractivity contribution in [3.05, 3.63) is 54.1 Å². The molecule has 31 heavy (non-hydrogen) atoms. The molecule has 164 valence electrons. The molecule has 0 unspecified atom stereocenters. The summed E-state index contributed by atoms with van der Waals surface area (Å²) in [5.74, 6) is -0.0820. The van der Waals surface area contributed by atoms with Crippen LogP contribution in [0.2, 0.25) is 0 Å². The highest BCUT2D eigenvalue weighted by atomic mass is 32.2. The summed E-state index contributed by atoms with van der Waals surface area (Å²) in [7, 11) is -1.93. The van der Waals surface area contributed by atoms with Gasteiger partial charge in [0.05, 0.1) is 10.6 Å². The highest BCUT2D eigenvalue weighted by Gasteiger charge is 2.34. The highest BCUT2D eigenvalue weighted by molar-refractivity contribution is 7.89. The molecule has 0 radical (unpaired) electrons. The molecule has 1 saturated heterocycles. The summed E-state index contributed by atoms with van der Waals surface area (Å²) in [6.45, 7) is 0.962. The van der Waals surface area contributed by atoms with Crippen molar-refractivity contribution in [1.82, 2.24) is 9.21 Å². The Hall–Kier alpha value is -2.91. The lowest BCUT2D eigenvalue weighted by Gasteiger charge is -2.32. The van der Waals surface area contributed by atoms with E-state index in [9.17, 15) is 18.0 Å². The maximum absolute atomic E-state index is 13.1. The minimum atomic E-state index is -3.71. The van der Waals surface area contributed by atoms with E-state index in [2.05, 4.69) is 5.32 Å². The lowest BCUT2D eigenvalue weighted by atomic mass is 9.96. The van der Waals surface area contributed by atoms with Gasteiger partial charge in [0.15, 0.2) is 6.61 Å². The molecule has 2 heterocycles. The van der Waals surface area contributed by atoms with Gasteiger partial charge < -0.3 is 15.0 Å². The standard InChI is InChI=1S/C22H25N3O5S/c1-24(14-16-5-3-2-4-6-16)22(27)17-9-11-25(12-10-17)31(28,29)18-7-8-19-20(13-18)30-15-21(26)23-19/h2-8,13,17H,9-12,14-15H2,1H3,(H,23,26). The molecule has 0 aliphatic carbocycles. The Kier molecular flexibility index (Phi) is 5.97. The predicted octanol–water partition coefficient (Wildman–Crippen LogP) is 2.08. The SMILES string of the molecule is CN(Cc1ccccc1)C(=O)C1CCN(S(=O)(=O)c2ccc3c(c2)OCC(=O)N3)CC1. The second-order valence-electron chi connectivity index (χ2n) is 7.85. The Bertz CT molecular complexity index is 1080. The first-order valence-electron chi connectivity index (χ1n) is 10.2. The van der Waals surface area contributed by atoms with Gasteiger partial charge in [-0.1, -0.05) is 30.3 Å². The van der Waals surface area contributed by atoms with Crippen LogP contribution in [0.3, 0.4) is 0 Å². The summed E-state index contributed by atoms with van der Waals surface area (Å²) in [5.41, 5.74) is 1.52. The van der Waals surface area contributed by atoms with Crippen LogP contribution in [-0.2, 0) is 26.2 Å². The number of carbonyl (C=O) groups is 2. The fourth-order valence-corrected chi connectivity index (χ4v) is 5.44. The second-order valence-corrected chi connectivity index (χ2v) is 9.79. The molecule has 2 aromatic rings. The van der Waals surface area contributed by atoms with Gasteiger partial charge in [-0.15, -0.1) is 0 Å². The zero-order valence-electron chi connectivity index (χ0n) is 17.3. The minimum absolute atomic E-state index is 0.0406. The Balaban J connectivity index is 1.39. The summed E-state index contributed by atoms with van der Waals surface area (Å²) >= 11 is 0. The minimum Gasteiger partial charge on any atom is -0.482 e. The van der Waals surface area contributed by atoms with E-state index in [4.69, 9.17) is 4.74 Å². The fourth-order valence-electron chi connectivity index (χ4n) is 3.95. The Labute approximate surface area is 181 Å². The molecule has 0 atom stereocenters. The molecule has 2 aromatic carbocycles. The van der Waals surface area contributed by atoms with Gasteiger partial charge in [0.2, 0.25) is 15.9 Å². The van der Waals surface area contributed by atoms with Crippen molar-refractivity contribution in [1.29, 1.82) is 0 Å². The van der Waals surface area contributed by atoms with E-state index in [1.165, 1.54) is 22.5 Å². The van der Waals surface area contributed by atoms with E-state index in [-0.39, 0.29) is 42.3 Å². The van der Waals surface area contributed by atoms with Crippen LogP contribution in [0.1, 0.15) is 18.4 Å². The maximum atomic E-state index is 13.1. The number of rotatable bonds is 5. The van der Waals surface area contributed by atoms with E-state index in [1.54, 1.807) is 11.9 Å². The van der Waals surface area contributed by atoms with Crippen LogP contribution in [0, 0.1) is 5.92 Å². The van der Waals surface area contributed by atoms with Crippen LogP contribution in [0.15, 0.2) is 53.4 Å². The molecule has 9 heteroatoms. The van der Waals surface area contributed by atoms with Gasteiger partial charge >= 0.3 is 0 Å². The summed E-state index contributed by atoms with van der Waals surface area (Å²) in [6, 6.07) is 14.2. The van der Waals surface area contributed by atoms with Crippen LogP contribution < -0.4 is 10.1 Å². The van der Waals surface area contributed by atoms with Crippen LogP contribution in [0.5, 0.6) is 5.75 Å². The number of amides is 2. The van der Waals surface area contributed by atoms with Gasteiger partial charge in [0, 0.05) is 38.7 Å². The van der Waals surface area contributed by atoms with Crippen LogP contribution in [0.4, 0.5) is 5.69 Å². The van der Waals surface area contributed by atoms with Gasteiger partial charge in [0.25, 0.3) is 5.91 Å². The quantitative estimate of drug-likeness (QED) is 0.763. The molecular formula is C22H25N3O5S. The molecule has 4 rings (SSSR count). The van der Waals surface area contributed by atoms with Crippen molar-refractivity contribution in [3.63, 3.8) is 0 Å². The van der Waals surface area contributed by atoms with Gasteiger partial charge in [-0.3, -0.25) is 9.59 Å². The molecule has 2 aliphatic heterocycles. The zero-order valence-corrected chi connectivity index (χ0v) is 18.1. The summed E-state index contributed by atoms with van der Waals surface area (Å²) in [5, 5.41) is 2.65. The van der Waals surface area contributed by atoms with Crippen molar-refractivity contribution in [3.8, 4) is 5.75 Å². The number of hydrogen-bond acceptors (Lipinski definition) is 5. The van der Waals surface area contributed by atoms with Crippen molar-refractivity contribution < 1.29 is 22.7 Å². The third kappa shape index (κ3) is 4.57. The van der Waals surface area contributed by atoms with Crippen molar-refractivity contribution >= 4 is 27.5 Å². The third-order valence-electron chi connectivity index (χ3n) is 5.67. The largest absolute Gasteiger partial charge is 0.482 e. The number of anilines is 1. The number of carbonyl (C=O) groups excluding carboxylic acids is 2. The molecule has 0 spiro atoms. The molecule has 0 aromatic heterocycles. The molecule has 1 fully saturated rings. The maximum Gasteiger partial charge on any atom is 0.262 e. The number of fused-ring (bicyclic) bond motifs is 1. The lowest BCUT2D eigenvalue weighted by Crippen LogP contribution is -2.43. The van der Waals surface area contributed by atoms with Crippen LogP contribution in [0.25, 0.3) is 0 Å². The van der Waals surface area contributed by atoms with Crippen LogP contribution >= 0.6 is 0 Å². The number of nitrogens with zero attached hydrogens (tertiary/aromatic N) is 2. The normalized spacial score (nSPS) is 17.4. The number of hydrogen-bond donors (Lipinski definition) is 1. The Morgan fingerprint density at radius 1 is 1.16 bits per heavy atom. The first-order chi connectivity index (χ1) is 14.8. The van der Waals surface area contributed by atoms with Crippen molar-refractivity contribution in [2.45, 2.75) is 24.3 Å². The molecule has 0 bridgehead atoms. The van der Waals surface area contributed by atoms with E-state index in [0.29, 0.717) is 30.8 Å². The predicted molar refractivity (Wildman–Crippen MR) is 115 cm³/mol. The van der Waals surface area contributed by atoms with E-state index >= 15 is 0 Å². The number of nitrogens with one attached hydrogen (secondary N) is 1. The molecule has 2 aliphatic rings. The topological polar surface area (TPSA) is 96.0 Å². The average molecular weight is 444 g/mol. The Morgan fingerprint density at radius 3 is 2.58 bits per heavy atom. The second kappa shape index (κ2) is 8.68. The summed E-state index contributed by atoms with van der Waals surface area (Å²) < 4.78 is 32.9. The number of ether oxygens (including phenoxy) is 1. The Morgan fingerprint density at radius 2 is 1.87 bits per heavy atom. The van der Waals surface area contributed by atoms with E-state index < -0.39 is 10.0 Å². The summed E-state index contributed by atoms with van der Waals surface area (Å²) in [4.78, 5) is 26.0. The molecule has 2 amide bonds. The van der Waals surface area contributed by atoms with E-state index in [0.717, 1.165) is 5.56 Å². The van der Waals surface area contributed by atoms with Gasteiger partial charge in [-0.25, -0.2) is 8.42 Å². The van der Waals surface area contributed by atoms with Gasteiger partial charge in [0.1, 0.15) is 5.75 Å². The highest BCUT2D eigenvalue weighted by Crippen LogP contribution is 2.32. The van der Waals surface area contributed by atoms with Gasteiger partial charge in [-0.2, -0.15) is 4.31 Å². The summed E-state index contributed by atoms with van der Waals surface area (Å²) in [6.07, 6.45) is 0.962. The first-order valence-corrected chi connectivity index (χ1v) is 11.6. The monoisotopic (exact) mass is 443 g/mol. The zero-order chi connectivity index (χ0) is 22.0.